The lowest BCUT2D eigenvalue weighted by Crippen LogP contribution is -3.12. The molecule has 0 amide bonds. The third kappa shape index (κ3) is 4.34. The Labute approximate surface area is 111 Å². The average Bonchev–Trinajstić information content (AvgIpc) is 2.45. The van der Waals surface area contributed by atoms with E-state index >= 15 is 0 Å². The van der Waals surface area contributed by atoms with Crippen LogP contribution in [0.5, 0.6) is 5.75 Å². The van der Waals surface area contributed by atoms with Gasteiger partial charge in [-0.3, -0.25) is 0 Å². The van der Waals surface area contributed by atoms with Gasteiger partial charge in [-0.25, -0.2) is 0 Å². The zero-order valence-corrected chi connectivity index (χ0v) is 11.6. The Hall–Kier alpha value is -1.02. The van der Waals surface area contributed by atoms with Crippen molar-refractivity contribution in [1.82, 2.24) is 0 Å². The summed E-state index contributed by atoms with van der Waals surface area (Å²) in [5.74, 6) is 1.03. The van der Waals surface area contributed by atoms with Crippen LogP contribution in [0.2, 0.25) is 0 Å². The van der Waals surface area contributed by atoms with Gasteiger partial charge >= 0.3 is 0 Å². The molecule has 0 bridgehead atoms. The van der Waals surface area contributed by atoms with Gasteiger partial charge < -0.3 is 9.64 Å². The van der Waals surface area contributed by atoms with Crippen molar-refractivity contribution in [3.8, 4) is 5.75 Å². The predicted octanol–water partition coefficient (Wildman–Crippen LogP) is 2.09. The van der Waals surface area contributed by atoms with Gasteiger partial charge in [-0.05, 0) is 43.4 Å². The second kappa shape index (κ2) is 7.42. The lowest BCUT2D eigenvalue weighted by atomic mass is 10.1. The van der Waals surface area contributed by atoms with Crippen molar-refractivity contribution in [2.75, 3.05) is 26.2 Å². The first-order valence-corrected chi connectivity index (χ1v) is 7.44. The molecular formula is C16H26NO+. The highest BCUT2D eigenvalue weighted by Gasteiger charge is 2.12. The fourth-order valence-corrected chi connectivity index (χ4v) is 2.67. The van der Waals surface area contributed by atoms with Gasteiger partial charge in [0.15, 0.2) is 0 Å². The van der Waals surface area contributed by atoms with Crippen molar-refractivity contribution in [2.45, 2.75) is 39.0 Å². The van der Waals surface area contributed by atoms with Crippen LogP contribution in [0.25, 0.3) is 0 Å². The zero-order chi connectivity index (χ0) is 12.6. The van der Waals surface area contributed by atoms with Crippen LogP contribution in [0.3, 0.4) is 0 Å². The number of likely N-dealkylation sites (tertiary alicyclic amines) is 1. The van der Waals surface area contributed by atoms with Crippen LogP contribution < -0.4 is 9.64 Å². The Morgan fingerprint density at radius 1 is 1.17 bits per heavy atom. The summed E-state index contributed by atoms with van der Waals surface area (Å²) in [4.78, 5) is 1.77. The standard InChI is InChI=1S/C16H25NO/c1-2-15-8-6-9-16(14-15)18-13-7-12-17-10-4-3-5-11-17/h6,8-9,14H,2-5,7,10-13H2,1H3/p+1. The molecule has 0 saturated carbocycles. The van der Waals surface area contributed by atoms with Crippen molar-refractivity contribution in [3.05, 3.63) is 29.8 Å². The summed E-state index contributed by atoms with van der Waals surface area (Å²) >= 11 is 0. The van der Waals surface area contributed by atoms with Crippen LogP contribution in [0.4, 0.5) is 0 Å². The lowest BCUT2D eigenvalue weighted by molar-refractivity contribution is -0.905. The van der Waals surface area contributed by atoms with E-state index in [1.807, 2.05) is 0 Å². The molecule has 2 heteroatoms. The van der Waals surface area contributed by atoms with Crippen LogP contribution in [0.1, 0.15) is 38.2 Å². The molecule has 1 N–H and O–H groups in total. The molecule has 1 heterocycles. The Bertz CT molecular complexity index is 345. The van der Waals surface area contributed by atoms with Crippen molar-refractivity contribution in [3.63, 3.8) is 0 Å². The summed E-state index contributed by atoms with van der Waals surface area (Å²) in [6.07, 6.45) is 6.51. The summed E-state index contributed by atoms with van der Waals surface area (Å²) in [7, 11) is 0. The largest absolute Gasteiger partial charge is 0.493 e. The highest BCUT2D eigenvalue weighted by atomic mass is 16.5. The maximum atomic E-state index is 5.83. The maximum absolute atomic E-state index is 5.83. The van der Waals surface area contributed by atoms with E-state index in [9.17, 15) is 0 Å². The first kappa shape index (κ1) is 13.4. The molecule has 2 rings (SSSR count). The Morgan fingerprint density at radius 2 is 2.00 bits per heavy atom. The monoisotopic (exact) mass is 248 g/mol. The molecule has 0 unspecified atom stereocenters. The number of ether oxygens (including phenoxy) is 1. The number of nitrogens with one attached hydrogen (secondary N) is 1. The smallest absolute Gasteiger partial charge is 0.119 e. The van der Waals surface area contributed by atoms with E-state index in [4.69, 9.17) is 4.74 Å². The summed E-state index contributed by atoms with van der Waals surface area (Å²) in [6.45, 7) is 7.04. The van der Waals surface area contributed by atoms with Gasteiger partial charge in [0, 0.05) is 6.42 Å². The lowest BCUT2D eigenvalue weighted by Gasteiger charge is -2.23. The molecule has 0 aromatic heterocycles. The van der Waals surface area contributed by atoms with Gasteiger partial charge in [0.05, 0.1) is 26.2 Å². The fourth-order valence-electron chi connectivity index (χ4n) is 2.67. The summed E-state index contributed by atoms with van der Waals surface area (Å²) in [6, 6.07) is 8.47. The second-order valence-corrected chi connectivity index (χ2v) is 5.26. The van der Waals surface area contributed by atoms with Crippen LogP contribution in [-0.2, 0) is 6.42 Å². The van der Waals surface area contributed by atoms with E-state index in [1.165, 1.54) is 50.9 Å². The van der Waals surface area contributed by atoms with E-state index in [0.29, 0.717) is 0 Å². The molecule has 2 nitrogen and oxygen atoms in total. The van der Waals surface area contributed by atoms with Crippen LogP contribution >= 0.6 is 0 Å². The summed E-state index contributed by atoms with van der Waals surface area (Å²) in [5.41, 5.74) is 1.36. The van der Waals surface area contributed by atoms with Gasteiger partial charge in [0.1, 0.15) is 5.75 Å². The van der Waals surface area contributed by atoms with Crippen molar-refractivity contribution in [2.24, 2.45) is 0 Å². The van der Waals surface area contributed by atoms with E-state index < -0.39 is 0 Å². The minimum absolute atomic E-state index is 0.858. The molecule has 18 heavy (non-hydrogen) atoms. The number of hydrogen-bond donors (Lipinski definition) is 1. The summed E-state index contributed by atoms with van der Waals surface area (Å²) in [5, 5.41) is 0. The predicted molar refractivity (Wildman–Crippen MR) is 75.3 cm³/mol. The Morgan fingerprint density at radius 3 is 2.78 bits per heavy atom. The number of benzene rings is 1. The number of hydrogen-bond acceptors (Lipinski definition) is 1. The molecule has 0 aliphatic carbocycles. The quantitative estimate of drug-likeness (QED) is 0.761. The fraction of sp³-hybridized carbons (Fsp3) is 0.625. The second-order valence-electron chi connectivity index (χ2n) is 5.26. The van der Waals surface area contributed by atoms with Crippen LogP contribution in [0.15, 0.2) is 24.3 Å². The third-order valence-corrected chi connectivity index (χ3v) is 3.81. The molecule has 100 valence electrons. The van der Waals surface area contributed by atoms with Gasteiger partial charge in [-0.15, -0.1) is 0 Å². The Kier molecular flexibility index (Phi) is 5.53. The molecule has 1 aliphatic heterocycles. The van der Waals surface area contributed by atoms with E-state index in [2.05, 4.69) is 31.2 Å². The highest BCUT2D eigenvalue weighted by Crippen LogP contribution is 2.13. The molecule has 0 radical (unpaired) electrons. The number of quaternary nitrogens is 1. The molecule has 1 aliphatic rings. The number of rotatable bonds is 6. The molecule has 1 fully saturated rings. The van der Waals surface area contributed by atoms with Gasteiger partial charge in [-0.1, -0.05) is 19.1 Å². The first-order valence-electron chi connectivity index (χ1n) is 7.44. The van der Waals surface area contributed by atoms with E-state index in [1.54, 1.807) is 4.90 Å². The van der Waals surface area contributed by atoms with Gasteiger partial charge in [0.25, 0.3) is 0 Å². The molecule has 1 saturated heterocycles. The van der Waals surface area contributed by atoms with Crippen molar-refractivity contribution in [1.29, 1.82) is 0 Å². The SMILES string of the molecule is CCc1cccc(OCCC[NH+]2CCCCC2)c1. The first-order chi connectivity index (χ1) is 8.88. The van der Waals surface area contributed by atoms with Gasteiger partial charge in [0.2, 0.25) is 0 Å². The molecule has 0 atom stereocenters. The molecule has 0 spiro atoms. The van der Waals surface area contributed by atoms with Crippen molar-refractivity contribution < 1.29 is 9.64 Å². The Balaban J connectivity index is 1.65. The van der Waals surface area contributed by atoms with Gasteiger partial charge in [-0.2, -0.15) is 0 Å². The minimum atomic E-state index is 0.858. The summed E-state index contributed by atoms with van der Waals surface area (Å²) < 4.78 is 5.83. The van der Waals surface area contributed by atoms with E-state index in [0.717, 1.165) is 18.8 Å². The number of aryl methyl sites for hydroxylation is 1. The third-order valence-electron chi connectivity index (χ3n) is 3.81. The average molecular weight is 248 g/mol. The van der Waals surface area contributed by atoms with Crippen molar-refractivity contribution >= 4 is 0 Å². The highest BCUT2D eigenvalue weighted by molar-refractivity contribution is 5.28. The topological polar surface area (TPSA) is 13.7 Å². The molecule has 1 aromatic rings. The minimum Gasteiger partial charge on any atom is -0.493 e. The zero-order valence-electron chi connectivity index (χ0n) is 11.6. The number of piperidine rings is 1. The maximum Gasteiger partial charge on any atom is 0.119 e. The normalized spacial score (nSPS) is 16.7. The van der Waals surface area contributed by atoms with Crippen LogP contribution in [0, 0.1) is 0 Å². The molecular weight excluding hydrogens is 222 g/mol. The van der Waals surface area contributed by atoms with Crippen LogP contribution in [-0.4, -0.2) is 26.2 Å². The van der Waals surface area contributed by atoms with E-state index in [-0.39, 0.29) is 0 Å². The molecule has 1 aromatic carbocycles.